The van der Waals surface area contributed by atoms with E-state index in [2.05, 4.69) is 39.7 Å². The normalized spacial score (nSPS) is 15.2. The number of hydrogen-bond acceptors (Lipinski definition) is 5. The quantitative estimate of drug-likeness (QED) is 0.169. The van der Waals surface area contributed by atoms with Gasteiger partial charge in [-0.05, 0) is 99.1 Å². The van der Waals surface area contributed by atoms with E-state index in [0.29, 0.717) is 5.92 Å². The number of hydrazone groups is 1. The molecule has 1 aliphatic rings. The fourth-order valence-electron chi connectivity index (χ4n) is 4.46. The summed E-state index contributed by atoms with van der Waals surface area (Å²) in [6, 6.07) is 28.1. The molecule has 0 saturated carbocycles. The molecule has 1 fully saturated rings. The van der Waals surface area contributed by atoms with E-state index in [0.717, 1.165) is 55.9 Å². The summed E-state index contributed by atoms with van der Waals surface area (Å²) in [4.78, 5) is 13.2. The summed E-state index contributed by atoms with van der Waals surface area (Å²) >= 11 is 0. The number of para-hydroxylation sites is 1. The van der Waals surface area contributed by atoms with Gasteiger partial charge in [-0.15, -0.1) is 0 Å². The highest BCUT2D eigenvalue weighted by Gasteiger charge is 2.20. The highest BCUT2D eigenvalue weighted by Crippen LogP contribution is 2.27. The van der Waals surface area contributed by atoms with Gasteiger partial charge in [0.05, 0.1) is 16.3 Å². The summed E-state index contributed by atoms with van der Waals surface area (Å²) in [5, 5.41) is 15.7. The number of non-ortho nitro benzene ring substituents is 1. The second-order valence-corrected chi connectivity index (χ2v) is 8.75. The standard InChI is InChI=1S/C28H31N4O2/c33-32(34)27-16-14-25(15-17-27)28(30-29-26-11-5-2-6-12-26)13-7-8-20-31-21-18-24(19-22-31)23-9-3-1-4-10-23/h1-3,5-6,9-12,14-17,24,29H,7-8,13,18-22H2/b30-28+. The summed E-state index contributed by atoms with van der Waals surface area (Å²) in [6.45, 7) is 3.37. The predicted octanol–water partition coefficient (Wildman–Crippen LogP) is 6.26. The van der Waals surface area contributed by atoms with E-state index >= 15 is 0 Å². The Balaban J connectivity index is 1.29. The molecular weight excluding hydrogens is 424 g/mol. The first-order chi connectivity index (χ1) is 16.7. The Morgan fingerprint density at radius 3 is 2.47 bits per heavy atom. The number of nitro groups is 1. The number of unbranched alkanes of at least 4 members (excludes halogenated alkanes) is 1. The van der Waals surface area contributed by atoms with E-state index in [1.165, 1.54) is 18.4 Å². The van der Waals surface area contributed by atoms with Crippen LogP contribution in [0.3, 0.4) is 0 Å². The second-order valence-electron chi connectivity index (χ2n) is 8.75. The molecule has 0 aromatic heterocycles. The molecule has 175 valence electrons. The maximum absolute atomic E-state index is 11.0. The SMILES string of the molecule is O=[N+]([O-])c1ccc(/C(CCCCN2CCC(c3c[c]ccc3)CC2)=N/Nc2ccccc2)cc1. The van der Waals surface area contributed by atoms with Gasteiger partial charge in [0.15, 0.2) is 0 Å². The maximum Gasteiger partial charge on any atom is 0.269 e. The van der Waals surface area contributed by atoms with Gasteiger partial charge in [0, 0.05) is 12.1 Å². The van der Waals surface area contributed by atoms with Crippen LogP contribution >= 0.6 is 0 Å². The first kappa shape index (κ1) is 23.6. The number of nitro benzene ring substituents is 1. The molecule has 0 unspecified atom stereocenters. The summed E-state index contributed by atoms with van der Waals surface area (Å²) in [6.07, 6.45) is 5.33. The minimum absolute atomic E-state index is 0.0934. The topological polar surface area (TPSA) is 70.8 Å². The monoisotopic (exact) mass is 455 g/mol. The molecule has 3 aromatic rings. The number of hydrogen-bond donors (Lipinski definition) is 1. The zero-order valence-corrected chi connectivity index (χ0v) is 19.4. The van der Waals surface area contributed by atoms with Gasteiger partial charge in [0.25, 0.3) is 5.69 Å². The van der Waals surface area contributed by atoms with E-state index in [-0.39, 0.29) is 10.6 Å². The molecule has 1 N–H and O–H groups in total. The van der Waals surface area contributed by atoms with Gasteiger partial charge in [0.1, 0.15) is 0 Å². The molecule has 0 bridgehead atoms. The fourth-order valence-corrected chi connectivity index (χ4v) is 4.46. The number of nitrogens with zero attached hydrogens (tertiary/aromatic N) is 3. The van der Waals surface area contributed by atoms with Crippen LogP contribution in [0.2, 0.25) is 0 Å². The third-order valence-corrected chi connectivity index (χ3v) is 6.43. The molecule has 1 aliphatic heterocycles. The molecule has 34 heavy (non-hydrogen) atoms. The Hall–Kier alpha value is -3.51. The van der Waals surface area contributed by atoms with E-state index in [4.69, 9.17) is 0 Å². The minimum Gasteiger partial charge on any atom is -0.303 e. The summed E-state index contributed by atoms with van der Waals surface area (Å²) in [5.41, 5.74) is 7.38. The Bertz CT molecular complexity index is 1060. The van der Waals surface area contributed by atoms with E-state index in [9.17, 15) is 10.1 Å². The van der Waals surface area contributed by atoms with Crippen LogP contribution in [0.15, 0.2) is 84.0 Å². The number of benzene rings is 3. The molecule has 0 amide bonds. The summed E-state index contributed by atoms with van der Waals surface area (Å²) < 4.78 is 0. The molecule has 0 atom stereocenters. The molecule has 1 saturated heterocycles. The summed E-state index contributed by atoms with van der Waals surface area (Å²) in [5.74, 6) is 0.652. The Kier molecular flexibility index (Phi) is 8.41. The van der Waals surface area contributed by atoms with Crippen LogP contribution in [0.5, 0.6) is 0 Å². The van der Waals surface area contributed by atoms with Gasteiger partial charge in [-0.3, -0.25) is 15.5 Å². The van der Waals surface area contributed by atoms with E-state index in [1.54, 1.807) is 24.3 Å². The third-order valence-electron chi connectivity index (χ3n) is 6.43. The van der Waals surface area contributed by atoms with Crippen molar-refractivity contribution in [2.75, 3.05) is 25.1 Å². The maximum atomic E-state index is 11.0. The van der Waals surface area contributed by atoms with Crippen molar-refractivity contribution in [2.24, 2.45) is 5.10 Å². The molecule has 0 spiro atoms. The average Bonchev–Trinajstić information content (AvgIpc) is 2.90. The van der Waals surface area contributed by atoms with Gasteiger partial charge in [-0.2, -0.15) is 5.10 Å². The van der Waals surface area contributed by atoms with Crippen molar-refractivity contribution in [3.8, 4) is 0 Å². The van der Waals surface area contributed by atoms with Crippen molar-refractivity contribution < 1.29 is 4.92 Å². The number of anilines is 1. The van der Waals surface area contributed by atoms with Crippen LogP contribution in [0.25, 0.3) is 0 Å². The van der Waals surface area contributed by atoms with Gasteiger partial charge in [-0.1, -0.05) is 42.5 Å². The van der Waals surface area contributed by atoms with Crippen molar-refractivity contribution >= 4 is 17.1 Å². The largest absolute Gasteiger partial charge is 0.303 e. The zero-order chi connectivity index (χ0) is 23.6. The highest BCUT2D eigenvalue weighted by atomic mass is 16.6. The van der Waals surface area contributed by atoms with Crippen LogP contribution in [0, 0.1) is 16.2 Å². The van der Waals surface area contributed by atoms with E-state index < -0.39 is 0 Å². The zero-order valence-electron chi connectivity index (χ0n) is 19.4. The Morgan fingerprint density at radius 1 is 1.03 bits per heavy atom. The molecule has 6 nitrogen and oxygen atoms in total. The Labute approximate surface area is 201 Å². The van der Waals surface area contributed by atoms with Crippen LogP contribution < -0.4 is 5.43 Å². The second kappa shape index (κ2) is 12.1. The summed E-state index contributed by atoms with van der Waals surface area (Å²) in [7, 11) is 0. The smallest absolute Gasteiger partial charge is 0.269 e. The van der Waals surface area contributed by atoms with Crippen LogP contribution in [-0.2, 0) is 0 Å². The predicted molar refractivity (Wildman–Crippen MR) is 137 cm³/mol. The van der Waals surface area contributed by atoms with Crippen molar-refractivity contribution in [3.05, 3.63) is 106 Å². The molecule has 6 heteroatoms. The molecule has 1 radical (unpaired) electrons. The highest BCUT2D eigenvalue weighted by molar-refractivity contribution is 6.01. The molecule has 0 aliphatic carbocycles. The first-order valence-corrected chi connectivity index (χ1v) is 12.0. The lowest BCUT2D eigenvalue weighted by Gasteiger charge is -2.32. The lowest BCUT2D eigenvalue weighted by molar-refractivity contribution is -0.384. The van der Waals surface area contributed by atoms with Crippen molar-refractivity contribution in [1.82, 2.24) is 4.90 Å². The van der Waals surface area contributed by atoms with Gasteiger partial charge < -0.3 is 4.90 Å². The lowest BCUT2D eigenvalue weighted by atomic mass is 9.89. The van der Waals surface area contributed by atoms with Crippen molar-refractivity contribution in [1.29, 1.82) is 0 Å². The fraction of sp³-hybridized carbons (Fsp3) is 0.321. The third kappa shape index (κ3) is 6.75. The molecule has 3 aromatic carbocycles. The van der Waals surface area contributed by atoms with Gasteiger partial charge in [-0.25, -0.2) is 0 Å². The first-order valence-electron chi connectivity index (χ1n) is 12.0. The number of piperidine rings is 1. The van der Waals surface area contributed by atoms with Crippen molar-refractivity contribution in [2.45, 2.75) is 38.0 Å². The van der Waals surface area contributed by atoms with Crippen LogP contribution in [0.1, 0.15) is 49.1 Å². The average molecular weight is 456 g/mol. The van der Waals surface area contributed by atoms with Crippen LogP contribution in [0.4, 0.5) is 11.4 Å². The van der Waals surface area contributed by atoms with E-state index in [1.807, 2.05) is 36.4 Å². The number of rotatable bonds is 10. The lowest BCUT2D eigenvalue weighted by Crippen LogP contribution is -2.33. The minimum atomic E-state index is -0.373. The Morgan fingerprint density at radius 2 is 1.79 bits per heavy atom. The molecule has 1 heterocycles. The van der Waals surface area contributed by atoms with Crippen molar-refractivity contribution in [3.63, 3.8) is 0 Å². The van der Waals surface area contributed by atoms with Gasteiger partial charge in [0.2, 0.25) is 0 Å². The molecular formula is C28H31N4O2. The van der Waals surface area contributed by atoms with Gasteiger partial charge >= 0.3 is 0 Å². The number of nitrogens with one attached hydrogen (secondary N) is 1. The van der Waals surface area contributed by atoms with Crippen LogP contribution in [-0.4, -0.2) is 35.2 Å². The number of likely N-dealkylation sites (tertiary alicyclic amines) is 1. The molecule has 4 rings (SSSR count).